The Morgan fingerprint density at radius 1 is 1.15 bits per heavy atom. The van der Waals surface area contributed by atoms with Crippen molar-refractivity contribution in [2.75, 3.05) is 6.26 Å². The third-order valence-electron chi connectivity index (χ3n) is 2.24. The summed E-state index contributed by atoms with van der Waals surface area (Å²) in [6.07, 6.45) is -2.53. The largest absolute Gasteiger partial charge is 0.439 e. The van der Waals surface area contributed by atoms with Crippen LogP contribution in [0.5, 0.6) is 11.6 Å². The molecule has 0 bridgehead atoms. The molecule has 0 unspecified atom stereocenters. The van der Waals surface area contributed by atoms with Gasteiger partial charge in [-0.2, -0.15) is 18.2 Å². The number of ether oxygens (including phenoxy) is 1. The van der Waals surface area contributed by atoms with Gasteiger partial charge in [0.25, 0.3) is 0 Å². The second-order valence-electron chi connectivity index (χ2n) is 3.64. The lowest BCUT2D eigenvalue weighted by Crippen LogP contribution is -2.04. The number of thioether (sulfide) groups is 1. The van der Waals surface area contributed by atoms with E-state index in [0.29, 0.717) is 20.5 Å². The predicted octanol–water partition coefficient (Wildman–Crippen LogP) is 4.61. The van der Waals surface area contributed by atoms with Gasteiger partial charge in [0.15, 0.2) is 5.16 Å². The topological polar surface area (TPSA) is 35.0 Å². The van der Waals surface area contributed by atoms with Crippen molar-refractivity contribution in [3.63, 3.8) is 0 Å². The van der Waals surface area contributed by atoms with Gasteiger partial charge in [-0.25, -0.2) is 4.98 Å². The quantitative estimate of drug-likeness (QED) is 0.319. The van der Waals surface area contributed by atoms with E-state index in [2.05, 4.69) is 9.97 Å². The first-order chi connectivity index (χ1) is 9.38. The summed E-state index contributed by atoms with van der Waals surface area (Å²) in [4.78, 5) is 8.27. The summed E-state index contributed by atoms with van der Waals surface area (Å²) >= 11 is 3.38. The lowest BCUT2D eigenvalue weighted by atomic mass is 10.2. The molecule has 1 aromatic carbocycles. The van der Waals surface area contributed by atoms with Crippen LogP contribution in [-0.4, -0.2) is 16.2 Å². The van der Waals surface area contributed by atoms with Gasteiger partial charge in [-0.1, -0.05) is 11.8 Å². The molecule has 20 heavy (non-hydrogen) atoms. The molecule has 8 heteroatoms. The van der Waals surface area contributed by atoms with Gasteiger partial charge < -0.3 is 4.74 Å². The highest BCUT2D eigenvalue weighted by Gasteiger charge is 2.30. The van der Waals surface area contributed by atoms with E-state index in [4.69, 9.17) is 4.74 Å². The molecule has 0 N–H and O–H groups in total. The van der Waals surface area contributed by atoms with Crippen LogP contribution in [0, 0.1) is 3.70 Å². The molecule has 3 nitrogen and oxygen atoms in total. The zero-order chi connectivity index (χ0) is 14.8. The molecular formula is C12H8F3IN2OS. The van der Waals surface area contributed by atoms with Gasteiger partial charge in [0.1, 0.15) is 9.45 Å². The zero-order valence-electron chi connectivity index (χ0n) is 10.1. The maximum absolute atomic E-state index is 12.4. The van der Waals surface area contributed by atoms with Crippen LogP contribution in [0.15, 0.2) is 35.5 Å². The molecule has 0 saturated heterocycles. The number of benzene rings is 1. The molecule has 0 amide bonds. The Kier molecular flexibility index (Phi) is 4.74. The number of hydrogen-bond donors (Lipinski definition) is 0. The summed E-state index contributed by atoms with van der Waals surface area (Å²) < 4.78 is 43.4. The Bertz CT molecular complexity index is 605. The van der Waals surface area contributed by atoms with E-state index in [1.165, 1.54) is 23.9 Å². The van der Waals surface area contributed by atoms with Gasteiger partial charge in [0.2, 0.25) is 5.88 Å². The third kappa shape index (κ3) is 3.98. The lowest BCUT2D eigenvalue weighted by molar-refractivity contribution is -0.137. The van der Waals surface area contributed by atoms with E-state index in [9.17, 15) is 13.2 Å². The Hall–Kier alpha value is -1.03. The highest BCUT2D eigenvalue weighted by Crippen LogP contribution is 2.31. The molecule has 106 valence electrons. The molecule has 0 radical (unpaired) electrons. The van der Waals surface area contributed by atoms with Crippen LogP contribution >= 0.6 is 34.4 Å². The molecular weight excluding hydrogens is 404 g/mol. The highest BCUT2D eigenvalue weighted by atomic mass is 127. The van der Waals surface area contributed by atoms with Gasteiger partial charge in [0, 0.05) is 6.07 Å². The smallest absolute Gasteiger partial charge is 0.416 e. The molecule has 0 atom stereocenters. The summed E-state index contributed by atoms with van der Waals surface area (Å²) in [6, 6.07) is 6.07. The van der Waals surface area contributed by atoms with Crippen LogP contribution in [0.1, 0.15) is 5.56 Å². The van der Waals surface area contributed by atoms with Crippen molar-refractivity contribution >= 4 is 34.4 Å². The van der Waals surface area contributed by atoms with Gasteiger partial charge in [-0.05, 0) is 53.1 Å². The molecule has 1 aromatic heterocycles. The lowest BCUT2D eigenvalue weighted by Gasteiger charge is -2.09. The first-order valence-corrected chi connectivity index (χ1v) is 7.62. The van der Waals surface area contributed by atoms with Crippen LogP contribution in [0.4, 0.5) is 13.2 Å². The number of aromatic nitrogens is 2. The number of halogens is 4. The monoisotopic (exact) mass is 412 g/mol. The second-order valence-corrected chi connectivity index (χ2v) is 5.52. The highest BCUT2D eigenvalue weighted by molar-refractivity contribution is 14.1. The zero-order valence-corrected chi connectivity index (χ0v) is 13.1. The van der Waals surface area contributed by atoms with Gasteiger partial charge >= 0.3 is 6.18 Å². The van der Waals surface area contributed by atoms with Gasteiger partial charge in [-0.15, -0.1) is 0 Å². The maximum Gasteiger partial charge on any atom is 0.416 e. The van der Waals surface area contributed by atoms with Crippen molar-refractivity contribution in [2.24, 2.45) is 0 Å². The Morgan fingerprint density at radius 3 is 2.35 bits per heavy atom. The molecule has 0 aliphatic rings. The average Bonchev–Trinajstić information content (AvgIpc) is 2.37. The second kappa shape index (κ2) is 6.17. The van der Waals surface area contributed by atoms with Crippen molar-refractivity contribution in [3.8, 4) is 11.6 Å². The summed E-state index contributed by atoms with van der Waals surface area (Å²) in [5.74, 6) is 0.591. The first kappa shape index (κ1) is 15.4. The summed E-state index contributed by atoms with van der Waals surface area (Å²) in [5.41, 5.74) is -0.716. The summed E-state index contributed by atoms with van der Waals surface area (Å²) in [6.45, 7) is 0. The number of alkyl halides is 3. The SMILES string of the molecule is CSc1nc(I)cc(Oc2ccc(C(F)(F)F)cc2)n1. The molecule has 2 aromatic rings. The van der Waals surface area contributed by atoms with E-state index in [0.717, 1.165) is 12.1 Å². The number of hydrogen-bond acceptors (Lipinski definition) is 4. The van der Waals surface area contributed by atoms with Crippen LogP contribution < -0.4 is 4.74 Å². The van der Waals surface area contributed by atoms with Crippen molar-refractivity contribution in [2.45, 2.75) is 11.3 Å². The van der Waals surface area contributed by atoms with E-state index in [1.807, 2.05) is 28.8 Å². The minimum Gasteiger partial charge on any atom is -0.439 e. The molecule has 0 aliphatic heterocycles. The Labute approximate surface area is 131 Å². The first-order valence-electron chi connectivity index (χ1n) is 5.32. The summed E-state index contributed by atoms with van der Waals surface area (Å²) in [5, 5.41) is 0.541. The van der Waals surface area contributed by atoms with E-state index >= 15 is 0 Å². The van der Waals surface area contributed by atoms with Crippen molar-refractivity contribution in [1.29, 1.82) is 0 Å². The predicted molar refractivity (Wildman–Crippen MR) is 78.0 cm³/mol. The van der Waals surface area contributed by atoms with E-state index < -0.39 is 11.7 Å². The van der Waals surface area contributed by atoms with Crippen molar-refractivity contribution in [3.05, 3.63) is 39.6 Å². The van der Waals surface area contributed by atoms with Gasteiger partial charge in [0.05, 0.1) is 5.56 Å². The average molecular weight is 412 g/mol. The molecule has 0 spiro atoms. The van der Waals surface area contributed by atoms with Crippen LogP contribution in [0.3, 0.4) is 0 Å². The number of nitrogens with zero attached hydrogens (tertiary/aromatic N) is 2. The molecule has 0 saturated carbocycles. The van der Waals surface area contributed by atoms with Crippen LogP contribution in [0.2, 0.25) is 0 Å². The summed E-state index contributed by atoms with van der Waals surface area (Å²) in [7, 11) is 0. The Balaban J connectivity index is 2.20. The third-order valence-corrected chi connectivity index (χ3v) is 3.34. The van der Waals surface area contributed by atoms with Gasteiger partial charge in [-0.3, -0.25) is 0 Å². The minimum absolute atomic E-state index is 0.291. The van der Waals surface area contributed by atoms with Crippen molar-refractivity contribution in [1.82, 2.24) is 9.97 Å². The minimum atomic E-state index is -4.35. The molecule has 1 heterocycles. The van der Waals surface area contributed by atoms with Crippen LogP contribution in [-0.2, 0) is 6.18 Å². The Morgan fingerprint density at radius 2 is 1.80 bits per heavy atom. The normalized spacial score (nSPS) is 11.4. The maximum atomic E-state index is 12.4. The number of rotatable bonds is 3. The molecule has 0 fully saturated rings. The van der Waals surface area contributed by atoms with Crippen molar-refractivity contribution < 1.29 is 17.9 Å². The van der Waals surface area contributed by atoms with E-state index in [1.54, 1.807) is 6.07 Å². The van der Waals surface area contributed by atoms with E-state index in [-0.39, 0.29) is 0 Å². The fourth-order valence-corrected chi connectivity index (χ4v) is 2.38. The standard InChI is InChI=1S/C12H8F3IN2OS/c1-20-11-17-9(16)6-10(18-11)19-8-4-2-7(3-5-8)12(13,14)15/h2-6H,1H3. The fourth-order valence-electron chi connectivity index (χ4n) is 1.35. The fraction of sp³-hybridized carbons (Fsp3) is 0.167. The molecule has 2 rings (SSSR count). The van der Waals surface area contributed by atoms with Crippen LogP contribution in [0.25, 0.3) is 0 Å². The molecule has 0 aliphatic carbocycles.